The molecule has 88 heavy (non-hydrogen) atoms. The van der Waals surface area contributed by atoms with Crippen LogP contribution in [-0.2, 0) is 55.3 Å². The van der Waals surface area contributed by atoms with Gasteiger partial charge in [0.05, 0.1) is 87.7 Å². The number of hydrogen-bond acceptors (Lipinski definition) is 14. The lowest BCUT2D eigenvalue weighted by Crippen LogP contribution is -2.71. The number of hydrogen-bond donors (Lipinski definition) is 4. The number of likely N-dealkylation sites (N-methyl/N-ethyl adjacent to an activating group) is 2. The van der Waals surface area contributed by atoms with Crippen LogP contribution in [0.1, 0.15) is 108 Å². The summed E-state index contributed by atoms with van der Waals surface area (Å²) in [5.41, 5.74) is 15.8. The Balaban J connectivity index is 0.000000116. The Morgan fingerprint density at radius 2 is 1.03 bits per heavy atom. The SMILES string of the molecule is CC1(C)OB(c2ccc(OCCN3CCOCC3)cc2)OC1(C)C.CN1CC2(C1)c1[nH]c3c(c1C(=O)NC21CC1)CCc1cnc(-c2ccc(OCCN4CCOCC4)cc2)cc1-3.CN1CC2(C1)c1[nH]c3c(c1C(=O)NC21CC1)CCc1cnc(Cl)cc1-3. The summed E-state index contributed by atoms with van der Waals surface area (Å²) in [5, 5.41) is 7.34. The van der Waals surface area contributed by atoms with E-state index in [-0.39, 0.29) is 52.0 Å². The maximum Gasteiger partial charge on any atom is 0.494 e. The molecule has 17 rings (SSSR count). The topological polar surface area (TPSA) is 184 Å². The van der Waals surface area contributed by atoms with Gasteiger partial charge in [0, 0.05) is 106 Å². The van der Waals surface area contributed by atoms with Gasteiger partial charge in [0.2, 0.25) is 0 Å². The first-order valence-corrected chi connectivity index (χ1v) is 32.4. The number of aromatic nitrogens is 4. The number of ether oxygens (including phenoxy) is 4. The van der Waals surface area contributed by atoms with Crippen molar-refractivity contribution >= 4 is 36.0 Å². The summed E-state index contributed by atoms with van der Waals surface area (Å²) < 4.78 is 34.8. The molecule has 462 valence electrons. The largest absolute Gasteiger partial charge is 0.494 e. The third-order valence-corrected chi connectivity index (χ3v) is 21.9. The Bertz CT molecular complexity index is 3650. The summed E-state index contributed by atoms with van der Waals surface area (Å²) in [6.07, 6.45) is 11.8. The number of nitrogens with zero attached hydrogens (tertiary/aromatic N) is 6. The molecule has 0 bridgehead atoms. The number of benzene rings is 2. The van der Waals surface area contributed by atoms with Crippen molar-refractivity contribution in [1.29, 1.82) is 0 Å². The first-order valence-electron chi connectivity index (χ1n) is 32.0. The van der Waals surface area contributed by atoms with Gasteiger partial charge >= 0.3 is 7.12 Å². The Morgan fingerprint density at radius 1 is 0.591 bits per heavy atom. The van der Waals surface area contributed by atoms with Crippen molar-refractivity contribution in [1.82, 2.24) is 50.2 Å². The average Bonchev–Trinajstić information content (AvgIpc) is 1.51. The van der Waals surface area contributed by atoms with E-state index in [0.717, 1.165) is 211 Å². The number of halogens is 1. The number of amides is 2. The molecule has 6 aromatic rings. The number of morpholine rings is 2. The predicted octanol–water partition coefficient (Wildman–Crippen LogP) is 7.00. The zero-order valence-corrected chi connectivity index (χ0v) is 52.6. The highest BCUT2D eigenvalue weighted by molar-refractivity contribution is 6.62. The van der Waals surface area contributed by atoms with Gasteiger partial charge in [-0.05, 0) is 169 Å². The summed E-state index contributed by atoms with van der Waals surface area (Å²) in [7, 11) is 4.01. The van der Waals surface area contributed by atoms with Crippen LogP contribution in [0.5, 0.6) is 11.5 Å². The molecule has 0 radical (unpaired) electrons. The van der Waals surface area contributed by atoms with Crippen molar-refractivity contribution < 1.29 is 37.8 Å². The van der Waals surface area contributed by atoms with Crippen molar-refractivity contribution in [2.24, 2.45) is 0 Å². The normalized spacial score (nSPS) is 23.3. The van der Waals surface area contributed by atoms with Crippen LogP contribution in [0, 0.1) is 0 Å². The van der Waals surface area contributed by atoms with E-state index in [0.29, 0.717) is 18.4 Å². The monoisotopic (exact) mass is 1210 g/mol. The summed E-state index contributed by atoms with van der Waals surface area (Å²) in [6, 6.07) is 20.4. The van der Waals surface area contributed by atoms with Crippen molar-refractivity contribution in [3.63, 3.8) is 0 Å². The summed E-state index contributed by atoms with van der Waals surface area (Å²) in [4.78, 5) is 52.4. The van der Waals surface area contributed by atoms with E-state index in [2.05, 4.69) is 105 Å². The van der Waals surface area contributed by atoms with Gasteiger partial charge in [0.1, 0.15) is 29.9 Å². The number of H-pyrrole nitrogens is 2. The Morgan fingerprint density at radius 3 is 1.49 bits per heavy atom. The van der Waals surface area contributed by atoms with Crippen molar-refractivity contribution in [2.45, 2.75) is 112 Å². The first-order chi connectivity index (χ1) is 42.5. The highest BCUT2D eigenvalue weighted by Gasteiger charge is 2.70. The lowest BCUT2D eigenvalue weighted by atomic mass is 9.65. The second-order valence-corrected chi connectivity index (χ2v) is 28.1. The summed E-state index contributed by atoms with van der Waals surface area (Å²) in [6.45, 7) is 22.7. The van der Waals surface area contributed by atoms with Crippen molar-refractivity contribution in [3.8, 4) is 45.3 Å². The number of nitrogens with one attached hydrogen (secondary N) is 4. The molecule has 20 heteroatoms. The minimum absolute atomic E-state index is 0.00989. The van der Waals surface area contributed by atoms with Crippen LogP contribution in [0.15, 0.2) is 73.1 Å². The number of likely N-dealkylation sites (tertiary alicyclic amines) is 2. The van der Waals surface area contributed by atoms with Gasteiger partial charge in [-0.25, -0.2) is 4.98 Å². The van der Waals surface area contributed by atoms with Gasteiger partial charge < -0.3 is 58.7 Å². The van der Waals surface area contributed by atoms with E-state index in [1.54, 1.807) is 0 Å². The second kappa shape index (κ2) is 22.1. The number of aryl methyl sites for hydroxylation is 2. The number of pyridine rings is 2. The van der Waals surface area contributed by atoms with Crippen LogP contribution < -0.4 is 25.6 Å². The molecule has 5 saturated heterocycles. The molecular formula is C68H82BClN10O8. The zero-order valence-electron chi connectivity index (χ0n) is 51.8. The van der Waals surface area contributed by atoms with E-state index < -0.39 is 0 Å². The molecule has 7 aliphatic heterocycles. The van der Waals surface area contributed by atoms with Crippen molar-refractivity contribution in [3.05, 3.63) is 123 Å². The molecule has 0 unspecified atom stereocenters. The molecule has 2 amide bonds. The van der Waals surface area contributed by atoms with Gasteiger partial charge in [-0.3, -0.25) is 24.4 Å². The third kappa shape index (κ3) is 10.0. The standard InChI is InChI=1S/C31H35N5O3.C19H19ClN4O.C18H28BNO4/c1-35-18-30(19-35)28-26(29(37)34-31(30)8-9-31)23-7-4-21-17-32-25(16-24(21)27(23)33-28)20-2-5-22(6-3-20)39-15-12-36-10-13-38-14-11-36;1-24-8-18(9-24)16-14(17(25)23-19(18)4-5-19)11-3-2-10-7-21-13(20)6-12(10)15(11)22-16;1-17(2)18(3,4)24-19(23-17)15-5-7-16(8-6-15)22-14-11-20-9-12-21-13-10-20/h2-3,5-6,16-17,33H,4,7-15,18-19H2,1H3,(H,34,37);6-7,22H,2-5,8-9H2,1H3,(H,23,25);5-8H,9-14H2,1-4H3. The number of carbonyl (C=O) groups excluding carboxylic acids is 2. The Hall–Kier alpha value is -6.13. The van der Waals surface area contributed by atoms with Gasteiger partial charge in [-0.2, -0.15) is 0 Å². The molecule has 18 nitrogen and oxygen atoms in total. The van der Waals surface area contributed by atoms with Crippen LogP contribution in [0.25, 0.3) is 33.8 Å². The zero-order chi connectivity index (χ0) is 60.4. The lowest BCUT2D eigenvalue weighted by molar-refractivity contribution is 0.00578. The molecule has 11 aliphatic rings. The lowest BCUT2D eigenvalue weighted by Gasteiger charge is -2.55. The summed E-state index contributed by atoms with van der Waals surface area (Å²) in [5.74, 6) is 1.97. The molecule has 11 heterocycles. The van der Waals surface area contributed by atoms with Gasteiger partial charge in [-0.15, -0.1) is 0 Å². The minimum Gasteiger partial charge on any atom is -0.492 e. The number of aromatic amines is 2. The molecule has 4 aliphatic carbocycles. The van der Waals surface area contributed by atoms with E-state index in [4.69, 9.17) is 44.8 Å². The maximum absolute atomic E-state index is 13.4. The van der Waals surface area contributed by atoms with Crippen LogP contribution in [-0.4, -0.2) is 200 Å². The molecule has 0 atom stereocenters. The first kappa shape index (κ1) is 58.3. The molecule has 4 N–H and O–H groups in total. The fraction of sp³-hybridized carbons (Fsp3) is 0.529. The fourth-order valence-electron chi connectivity index (χ4n) is 15.8. The maximum atomic E-state index is 13.4. The fourth-order valence-corrected chi connectivity index (χ4v) is 16.0. The van der Waals surface area contributed by atoms with E-state index in [9.17, 15) is 9.59 Å². The van der Waals surface area contributed by atoms with Gasteiger partial charge in [0.15, 0.2) is 0 Å². The smallest absolute Gasteiger partial charge is 0.492 e. The van der Waals surface area contributed by atoms with Crippen LogP contribution in [0.2, 0.25) is 5.15 Å². The molecule has 4 aromatic heterocycles. The van der Waals surface area contributed by atoms with Gasteiger partial charge in [0.25, 0.3) is 11.8 Å². The van der Waals surface area contributed by atoms with E-state index >= 15 is 0 Å². The quantitative estimate of drug-likeness (QED) is 0.0813. The van der Waals surface area contributed by atoms with Crippen LogP contribution in [0.3, 0.4) is 0 Å². The molecule has 2 saturated carbocycles. The summed E-state index contributed by atoms with van der Waals surface area (Å²) >= 11 is 6.16. The molecule has 2 aromatic carbocycles. The Kier molecular flexibility index (Phi) is 14.6. The molecule has 7 fully saturated rings. The Labute approximate surface area is 521 Å². The second-order valence-electron chi connectivity index (χ2n) is 27.7. The third-order valence-electron chi connectivity index (χ3n) is 21.7. The minimum atomic E-state index is -0.322. The van der Waals surface area contributed by atoms with Gasteiger partial charge in [-0.1, -0.05) is 23.7 Å². The van der Waals surface area contributed by atoms with Crippen LogP contribution >= 0.6 is 11.6 Å². The average molecular weight is 1210 g/mol. The number of rotatable bonds is 10. The van der Waals surface area contributed by atoms with Crippen molar-refractivity contribution in [2.75, 3.05) is 119 Å². The molecule has 4 spiro atoms. The van der Waals surface area contributed by atoms with E-state index in [1.807, 2.05) is 54.9 Å². The molecular weight excluding hydrogens is 1130 g/mol. The number of fused-ring (bicyclic) bond motifs is 14. The highest BCUT2D eigenvalue weighted by atomic mass is 35.5. The number of carbonyl (C=O) groups is 2. The highest BCUT2D eigenvalue weighted by Crippen LogP contribution is 2.61. The van der Waals surface area contributed by atoms with Crippen LogP contribution in [0.4, 0.5) is 0 Å². The van der Waals surface area contributed by atoms with E-state index in [1.165, 1.54) is 27.9 Å². The predicted molar refractivity (Wildman–Crippen MR) is 338 cm³/mol.